The normalized spacial score (nSPS) is 9.75. The number of anilines is 1. The van der Waals surface area contributed by atoms with E-state index in [1.165, 1.54) is 6.20 Å². The van der Waals surface area contributed by atoms with Crippen LogP contribution in [-0.2, 0) is 0 Å². The van der Waals surface area contributed by atoms with Crippen molar-refractivity contribution >= 4 is 5.95 Å². The Hall–Kier alpha value is -1.36. The van der Waals surface area contributed by atoms with Crippen molar-refractivity contribution in [3.8, 4) is 5.88 Å². The van der Waals surface area contributed by atoms with Crippen LogP contribution in [0.3, 0.4) is 0 Å². The highest BCUT2D eigenvalue weighted by atomic mass is 16.5. The lowest BCUT2D eigenvalue weighted by Gasteiger charge is -2.02. The summed E-state index contributed by atoms with van der Waals surface area (Å²) >= 11 is 0. The average molecular weight is 169 g/mol. The van der Waals surface area contributed by atoms with Crippen LogP contribution in [0.15, 0.2) is 12.3 Å². The molecule has 1 aromatic heterocycles. The third kappa shape index (κ3) is 2.71. The molecule has 1 aromatic rings. The minimum atomic E-state index is 0.112. The SMILES string of the molecule is Nc1nccc(OCCCO)n1. The van der Waals surface area contributed by atoms with Crippen LogP contribution >= 0.6 is 0 Å². The minimum Gasteiger partial charge on any atom is -0.477 e. The first-order valence-corrected chi connectivity index (χ1v) is 3.65. The van der Waals surface area contributed by atoms with E-state index in [-0.39, 0.29) is 12.6 Å². The summed E-state index contributed by atoms with van der Waals surface area (Å²) in [5.74, 6) is 0.632. The highest BCUT2D eigenvalue weighted by molar-refractivity contribution is 5.20. The average Bonchev–Trinajstić information content (AvgIpc) is 2.05. The van der Waals surface area contributed by atoms with Gasteiger partial charge in [0.25, 0.3) is 0 Å². The van der Waals surface area contributed by atoms with Crippen LogP contribution in [0.1, 0.15) is 6.42 Å². The molecule has 0 spiro atoms. The van der Waals surface area contributed by atoms with Crippen molar-refractivity contribution in [1.82, 2.24) is 9.97 Å². The van der Waals surface area contributed by atoms with E-state index in [1.54, 1.807) is 6.07 Å². The van der Waals surface area contributed by atoms with E-state index in [2.05, 4.69) is 9.97 Å². The number of rotatable bonds is 4. The fourth-order valence-corrected chi connectivity index (χ4v) is 0.678. The Kier molecular flexibility index (Phi) is 3.28. The smallest absolute Gasteiger partial charge is 0.223 e. The molecule has 0 aliphatic carbocycles. The maximum atomic E-state index is 8.46. The van der Waals surface area contributed by atoms with Crippen LogP contribution in [0, 0.1) is 0 Å². The minimum absolute atomic E-state index is 0.112. The Labute approximate surface area is 70.2 Å². The number of nitrogen functional groups attached to an aromatic ring is 1. The lowest BCUT2D eigenvalue weighted by Crippen LogP contribution is -2.03. The first kappa shape index (κ1) is 8.73. The molecule has 1 rings (SSSR count). The van der Waals surface area contributed by atoms with Gasteiger partial charge in [0.2, 0.25) is 11.8 Å². The van der Waals surface area contributed by atoms with Gasteiger partial charge >= 0.3 is 0 Å². The van der Waals surface area contributed by atoms with Gasteiger partial charge < -0.3 is 15.6 Å². The molecule has 0 saturated carbocycles. The second-order valence-electron chi connectivity index (χ2n) is 2.18. The van der Waals surface area contributed by atoms with Gasteiger partial charge in [-0.15, -0.1) is 0 Å². The van der Waals surface area contributed by atoms with Crippen LogP contribution < -0.4 is 10.5 Å². The van der Waals surface area contributed by atoms with Crippen LogP contribution in [0.5, 0.6) is 5.88 Å². The second-order valence-corrected chi connectivity index (χ2v) is 2.18. The molecule has 0 bridgehead atoms. The van der Waals surface area contributed by atoms with E-state index in [0.29, 0.717) is 18.9 Å². The molecule has 5 heteroatoms. The molecule has 0 unspecified atom stereocenters. The lowest BCUT2D eigenvalue weighted by atomic mass is 10.5. The van der Waals surface area contributed by atoms with Gasteiger partial charge in [-0.1, -0.05) is 0 Å². The summed E-state index contributed by atoms with van der Waals surface area (Å²) in [5.41, 5.74) is 5.31. The molecule has 0 amide bonds. The molecule has 0 radical (unpaired) electrons. The van der Waals surface area contributed by atoms with Crippen molar-refractivity contribution in [2.24, 2.45) is 0 Å². The number of ether oxygens (including phenoxy) is 1. The number of nitrogens with zero attached hydrogens (tertiary/aromatic N) is 2. The van der Waals surface area contributed by atoms with Crippen molar-refractivity contribution in [3.05, 3.63) is 12.3 Å². The zero-order valence-electron chi connectivity index (χ0n) is 6.60. The third-order valence-electron chi connectivity index (χ3n) is 1.20. The van der Waals surface area contributed by atoms with E-state index < -0.39 is 0 Å². The Morgan fingerprint density at radius 3 is 3.08 bits per heavy atom. The van der Waals surface area contributed by atoms with Gasteiger partial charge in [0, 0.05) is 25.3 Å². The fraction of sp³-hybridized carbons (Fsp3) is 0.429. The quantitative estimate of drug-likeness (QED) is 0.611. The number of hydrogen-bond acceptors (Lipinski definition) is 5. The van der Waals surface area contributed by atoms with E-state index in [0.717, 1.165) is 0 Å². The number of hydrogen-bond donors (Lipinski definition) is 2. The van der Waals surface area contributed by atoms with Crippen LogP contribution in [0.2, 0.25) is 0 Å². The Morgan fingerprint density at radius 1 is 1.58 bits per heavy atom. The molecule has 1 heterocycles. The van der Waals surface area contributed by atoms with Gasteiger partial charge in [0.05, 0.1) is 6.61 Å². The molecule has 3 N–H and O–H groups in total. The third-order valence-corrected chi connectivity index (χ3v) is 1.20. The highest BCUT2D eigenvalue weighted by Crippen LogP contribution is 2.05. The molecule has 0 aromatic carbocycles. The van der Waals surface area contributed by atoms with Gasteiger partial charge in [-0.05, 0) is 0 Å². The lowest BCUT2D eigenvalue weighted by molar-refractivity contribution is 0.229. The van der Waals surface area contributed by atoms with Crippen LogP contribution in [0.4, 0.5) is 5.95 Å². The van der Waals surface area contributed by atoms with E-state index in [1.807, 2.05) is 0 Å². The predicted octanol–water partition coefficient (Wildman–Crippen LogP) is -0.180. The number of aromatic nitrogens is 2. The first-order valence-electron chi connectivity index (χ1n) is 3.65. The summed E-state index contributed by atoms with van der Waals surface area (Å²) in [6, 6.07) is 1.62. The second kappa shape index (κ2) is 4.50. The van der Waals surface area contributed by atoms with Gasteiger partial charge in [0.1, 0.15) is 0 Å². The van der Waals surface area contributed by atoms with E-state index in [4.69, 9.17) is 15.6 Å². The molecule has 0 fully saturated rings. The first-order chi connectivity index (χ1) is 5.83. The predicted molar refractivity (Wildman–Crippen MR) is 43.6 cm³/mol. The van der Waals surface area contributed by atoms with Gasteiger partial charge in [0.15, 0.2) is 0 Å². The topological polar surface area (TPSA) is 81.3 Å². The number of nitrogens with two attached hydrogens (primary N) is 1. The van der Waals surface area contributed by atoms with E-state index >= 15 is 0 Å². The Balaban J connectivity index is 2.41. The zero-order chi connectivity index (χ0) is 8.81. The summed E-state index contributed by atoms with van der Waals surface area (Å²) in [4.78, 5) is 7.51. The van der Waals surface area contributed by atoms with Crippen molar-refractivity contribution in [2.75, 3.05) is 18.9 Å². The summed E-state index contributed by atoms with van der Waals surface area (Å²) in [6.07, 6.45) is 2.11. The standard InChI is InChI=1S/C7H11N3O2/c8-7-9-3-2-6(10-7)12-5-1-4-11/h2-3,11H,1,4-5H2,(H2,8,9,10). The molecule has 0 aliphatic heterocycles. The number of aliphatic hydroxyl groups is 1. The monoisotopic (exact) mass is 169 g/mol. The Morgan fingerprint density at radius 2 is 2.42 bits per heavy atom. The van der Waals surface area contributed by atoms with E-state index in [9.17, 15) is 0 Å². The van der Waals surface area contributed by atoms with Crippen molar-refractivity contribution in [1.29, 1.82) is 0 Å². The largest absolute Gasteiger partial charge is 0.477 e. The maximum Gasteiger partial charge on any atom is 0.223 e. The molecule has 12 heavy (non-hydrogen) atoms. The molecule has 66 valence electrons. The van der Waals surface area contributed by atoms with Crippen molar-refractivity contribution < 1.29 is 9.84 Å². The summed E-state index contributed by atoms with van der Waals surface area (Å²) < 4.78 is 5.14. The summed E-state index contributed by atoms with van der Waals surface area (Å²) in [6.45, 7) is 0.549. The van der Waals surface area contributed by atoms with Crippen molar-refractivity contribution in [3.63, 3.8) is 0 Å². The molecule has 0 aliphatic rings. The highest BCUT2D eigenvalue weighted by Gasteiger charge is 1.95. The fourth-order valence-electron chi connectivity index (χ4n) is 0.678. The van der Waals surface area contributed by atoms with Crippen molar-refractivity contribution in [2.45, 2.75) is 6.42 Å². The molecule has 0 saturated heterocycles. The van der Waals surface area contributed by atoms with Crippen LogP contribution in [-0.4, -0.2) is 28.3 Å². The Bertz CT molecular complexity index is 242. The van der Waals surface area contributed by atoms with Crippen LogP contribution in [0.25, 0.3) is 0 Å². The molecular weight excluding hydrogens is 158 g/mol. The zero-order valence-corrected chi connectivity index (χ0v) is 6.60. The summed E-state index contributed by atoms with van der Waals surface area (Å²) in [7, 11) is 0. The molecule has 0 atom stereocenters. The number of aliphatic hydroxyl groups excluding tert-OH is 1. The molecular formula is C7H11N3O2. The maximum absolute atomic E-state index is 8.46. The summed E-state index contributed by atoms with van der Waals surface area (Å²) in [5, 5.41) is 8.46. The van der Waals surface area contributed by atoms with Gasteiger partial charge in [-0.3, -0.25) is 0 Å². The van der Waals surface area contributed by atoms with Gasteiger partial charge in [-0.2, -0.15) is 4.98 Å². The molecule has 5 nitrogen and oxygen atoms in total. The van der Waals surface area contributed by atoms with Gasteiger partial charge in [-0.25, -0.2) is 4.98 Å².